The van der Waals surface area contributed by atoms with Crippen molar-refractivity contribution in [3.63, 3.8) is 0 Å². The van der Waals surface area contributed by atoms with Crippen molar-refractivity contribution in [2.24, 2.45) is 0 Å². The summed E-state index contributed by atoms with van der Waals surface area (Å²) in [6.07, 6.45) is 4.11. The lowest BCUT2D eigenvalue weighted by atomic mass is 10.2. The van der Waals surface area contributed by atoms with E-state index in [4.69, 9.17) is 0 Å². The Kier molecular flexibility index (Phi) is 5.09. The summed E-state index contributed by atoms with van der Waals surface area (Å²) in [6.45, 7) is 7.09. The van der Waals surface area contributed by atoms with E-state index < -0.39 is 0 Å². The van der Waals surface area contributed by atoms with E-state index in [9.17, 15) is 4.79 Å². The molecule has 2 aromatic rings. The van der Waals surface area contributed by atoms with Gasteiger partial charge in [0.2, 0.25) is 0 Å². The Morgan fingerprint density at radius 2 is 1.48 bits per heavy atom. The van der Waals surface area contributed by atoms with Crippen LogP contribution in [-0.2, 0) is 0 Å². The van der Waals surface area contributed by atoms with Crippen LogP contribution in [-0.4, -0.2) is 60.2 Å². The Labute approximate surface area is 160 Å². The van der Waals surface area contributed by atoms with E-state index in [0.717, 1.165) is 43.5 Å². The number of rotatable bonds is 3. The summed E-state index contributed by atoms with van der Waals surface area (Å²) in [7, 11) is 0. The second-order valence-electron chi connectivity index (χ2n) is 7.20. The van der Waals surface area contributed by atoms with Gasteiger partial charge in [-0.3, -0.25) is 0 Å². The molecule has 0 unspecified atom stereocenters. The lowest BCUT2D eigenvalue weighted by Gasteiger charge is -2.35. The fourth-order valence-electron chi connectivity index (χ4n) is 3.61. The minimum Gasteiger partial charge on any atom is -0.356 e. The number of hydrogen-bond acceptors (Lipinski definition) is 5. The summed E-state index contributed by atoms with van der Waals surface area (Å²) in [6, 6.07) is 9.90. The molecule has 2 aliphatic heterocycles. The van der Waals surface area contributed by atoms with Crippen LogP contribution in [0.5, 0.6) is 0 Å². The molecule has 1 aromatic carbocycles. The van der Waals surface area contributed by atoms with Crippen LogP contribution in [0.2, 0.25) is 0 Å². The second-order valence-corrected chi connectivity index (χ2v) is 7.20. The quantitative estimate of drug-likeness (QED) is 0.905. The molecule has 0 saturated carbocycles. The van der Waals surface area contributed by atoms with Gasteiger partial charge in [-0.1, -0.05) is 17.7 Å². The molecule has 2 fully saturated rings. The summed E-state index contributed by atoms with van der Waals surface area (Å²) in [5.74, 6) is 1.96. The average molecular weight is 366 g/mol. The van der Waals surface area contributed by atoms with Gasteiger partial charge < -0.3 is 20.0 Å². The topological polar surface area (TPSA) is 64.6 Å². The first-order valence-corrected chi connectivity index (χ1v) is 9.63. The summed E-state index contributed by atoms with van der Waals surface area (Å²) in [4.78, 5) is 27.8. The minimum atomic E-state index is -0.0426. The molecule has 7 heteroatoms. The molecule has 0 aliphatic carbocycles. The van der Waals surface area contributed by atoms with E-state index in [1.807, 2.05) is 36.1 Å². The number of urea groups is 1. The minimum absolute atomic E-state index is 0.0426. The summed E-state index contributed by atoms with van der Waals surface area (Å²) in [5.41, 5.74) is 2.01. The molecule has 142 valence electrons. The van der Waals surface area contributed by atoms with E-state index in [1.54, 1.807) is 6.33 Å². The van der Waals surface area contributed by atoms with Crippen LogP contribution >= 0.6 is 0 Å². The maximum atomic E-state index is 12.5. The molecule has 3 heterocycles. The third-order valence-corrected chi connectivity index (χ3v) is 5.26. The number of anilines is 3. The van der Waals surface area contributed by atoms with E-state index in [1.165, 1.54) is 18.4 Å². The second kappa shape index (κ2) is 7.82. The van der Waals surface area contributed by atoms with Crippen LogP contribution in [0.1, 0.15) is 18.4 Å². The normalized spacial score (nSPS) is 17.3. The largest absolute Gasteiger partial charge is 0.356 e. The Morgan fingerprint density at radius 1 is 0.889 bits per heavy atom. The standard InChI is InChI=1S/C20H26N6O/c1-16-4-6-17(7-5-16)23-20(27)26-12-10-25(11-13-26)19-14-18(21-15-22-19)24-8-2-3-9-24/h4-7,14-15H,2-3,8-13H2,1H3,(H,23,27). The molecular formula is C20H26N6O. The monoisotopic (exact) mass is 366 g/mol. The van der Waals surface area contributed by atoms with Gasteiger partial charge in [-0.15, -0.1) is 0 Å². The van der Waals surface area contributed by atoms with Crippen molar-refractivity contribution in [2.45, 2.75) is 19.8 Å². The molecule has 27 heavy (non-hydrogen) atoms. The van der Waals surface area contributed by atoms with Crippen molar-refractivity contribution in [3.05, 3.63) is 42.2 Å². The summed E-state index contributed by atoms with van der Waals surface area (Å²) < 4.78 is 0. The third-order valence-electron chi connectivity index (χ3n) is 5.26. The number of carbonyl (C=O) groups is 1. The maximum absolute atomic E-state index is 12.5. The number of amides is 2. The zero-order chi connectivity index (χ0) is 18.6. The highest BCUT2D eigenvalue weighted by Gasteiger charge is 2.23. The number of carbonyl (C=O) groups excluding carboxylic acids is 1. The molecule has 0 atom stereocenters. The molecule has 4 rings (SSSR count). The fraction of sp³-hybridized carbons (Fsp3) is 0.450. The average Bonchev–Trinajstić information content (AvgIpc) is 3.25. The van der Waals surface area contributed by atoms with Gasteiger partial charge in [0.05, 0.1) is 0 Å². The lowest BCUT2D eigenvalue weighted by Crippen LogP contribution is -2.50. The Morgan fingerprint density at radius 3 is 2.11 bits per heavy atom. The van der Waals surface area contributed by atoms with Gasteiger partial charge in [0.1, 0.15) is 18.0 Å². The van der Waals surface area contributed by atoms with Crippen LogP contribution < -0.4 is 15.1 Å². The highest BCUT2D eigenvalue weighted by molar-refractivity contribution is 5.89. The molecule has 7 nitrogen and oxygen atoms in total. The van der Waals surface area contributed by atoms with Gasteiger partial charge >= 0.3 is 6.03 Å². The first kappa shape index (κ1) is 17.6. The molecule has 2 amide bonds. The predicted molar refractivity (Wildman–Crippen MR) is 107 cm³/mol. The molecule has 2 aliphatic rings. The molecule has 1 aromatic heterocycles. The molecule has 2 saturated heterocycles. The number of benzene rings is 1. The van der Waals surface area contributed by atoms with E-state index >= 15 is 0 Å². The first-order chi connectivity index (χ1) is 13.2. The summed E-state index contributed by atoms with van der Waals surface area (Å²) >= 11 is 0. The van der Waals surface area contributed by atoms with Gasteiger partial charge in [-0.25, -0.2) is 14.8 Å². The van der Waals surface area contributed by atoms with Crippen LogP contribution in [0.15, 0.2) is 36.7 Å². The number of hydrogen-bond donors (Lipinski definition) is 1. The number of aromatic nitrogens is 2. The van der Waals surface area contributed by atoms with Gasteiger partial charge in [0.25, 0.3) is 0 Å². The van der Waals surface area contributed by atoms with Crippen molar-refractivity contribution < 1.29 is 4.79 Å². The summed E-state index contributed by atoms with van der Waals surface area (Å²) in [5, 5.41) is 2.98. The Bertz CT molecular complexity index is 779. The maximum Gasteiger partial charge on any atom is 0.321 e. The van der Waals surface area contributed by atoms with Crippen molar-refractivity contribution in [1.29, 1.82) is 0 Å². The van der Waals surface area contributed by atoms with Crippen LogP contribution in [0.4, 0.5) is 22.1 Å². The smallest absolute Gasteiger partial charge is 0.321 e. The van der Waals surface area contributed by atoms with Crippen LogP contribution in [0.25, 0.3) is 0 Å². The Balaban J connectivity index is 1.34. The van der Waals surface area contributed by atoms with Crippen LogP contribution in [0.3, 0.4) is 0 Å². The van der Waals surface area contributed by atoms with Gasteiger partial charge in [-0.2, -0.15) is 0 Å². The zero-order valence-corrected chi connectivity index (χ0v) is 15.8. The third kappa shape index (κ3) is 4.13. The number of nitrogens with one attached hydrogen (secondary N) is 1. The fourth-order valence-corrected chi connectivity index (χ4v) is 3.61. The Hall–Kier alpha value is -2.83. The van der Waals surface area contributed by atoms with E-state index in [0.29, 0.717) is 13.1 Å². The molecular weight excluding hydrogens is 340 g/mol. The SMILES string of the molecule is Cc1ccc(NC(=O)N2CCN(c3cc(N4CCCC4)ncn3)CC2)cc1. The molecule has 0 spiro atoms. The first-order valence-electron chi connectivity index (χ1n) is 9.63. The van der Waals surface area contributed by atoms with Crippen molar-refractivity contribution in [1.82, 2.24) is 14.9 Å². The van der Waals surface area contributed by atoms with Crippen molar-refractivity contribution in [3.8, 4) is 0 Å². The van der Waals surface area contributed by atoms with Gasteiger partial charge in [0, 0.05) is 51.0 Å². The zero-order valence-electron chi connectivity index (χ0n) is 15.8. The van der Waals surface area contributed by atoms with Gasteiger partial charge in [-0.05, 0) is 31.9 Å². The lowest BCUT2D eigenvalue weighted by molar-refractivity contribution is 0.208. The molecule has 1 N–H and O–H groups in total. The van der Waals surface area contributed by atoms with E-state index in [2.05, 4.69) is 31.2 Å². The number of piperazine rings is 1. The van der Waals surface area contributed by atoms with Crippen molar-refractivity contribution in [2.75, 3.05) is 54.4 Å². The molecule has 0 bridgehead atoms. The van der Waals surface area contributed by atoms with Crippen molar-refractivity contribution >= 4 is 23.4 Å². The highest BCUT2D eigenvalue weighted by Crippen LogP contribution is 2.22. The number of nitrogens with zero attached hydrogens (tertiary/aromatic N) is 5. The van der Waals surface area contributed by atoms with Gasteiger partial charge in [0.15, 0.2) is 0 Å². The molecule has 0 radical (unpaired) electrons. The number of aryl methyl sites for hydroxylation is 1. The highest BCUT2D eigenvalue weighted by atomic mass is 16.2. The van der Waals surface area contributed by atoms with Crippen LogP contribution in [0, 0.1) is 6.92 Å². The predicted octanol–water partition coefficient (Wildman–Crippen LogP) is 2.74. The van der Waals surface area contributed by atoms with E-state index in [-0.39, 0.29) is 6.03 Å².